The minimum absolute atomic E-state index is 0.426. The van der Waals surface area contributed by atoms with Crippen LogP contribution in [0.3, 0.4) is 0 Å². The number of rotatable bonds is 5. The summed E-state index contributed by atoms with van der Waals surface area (Å²) >= 11 is 0. The third-order valence-electron chi connectivity index (χ3n) is 3.84. The molecular formula is C15H21N5O2. The lowest BCUT2D eigenvalue weighted by Gasteiger charge is -2.32. The van der Waals surface area contributed by atoms with Crippen LogP contribution in [0.25, 0.3) is 0 Å². The molecule has 0 aliphatic carbocycles. The molecular weight excluding hydrogens is 282 g/mol. The SMILES string of the molecule is COc1cc(NC2CCN(Cc3coc(C)n3)CC2)ncn1. The Bertz CT molecular complexity index is 607. The van der Waals surface area contributed by atoms with Gasteiger partial charge in [0.15, 0.2) is 5.89 Å². The van der Waals surface area contributed by atoms with Crippen molar-refractivity contribution in [2.75, 3.05) is 25.5 Å². The maximum atomic E-state index is 5.25. The summed E-state index contributed by atoms with van der Waals surface area (Å²) in [7, 11) is 1.61. The van der Waals surface area contributed by atoms with Crippen molar-refractivity contribution in [3.8, 4) is 5.88 Å². The van der Waals surface area contributed by atoms with E-state index >= 15 is 0 Å². The first-order valence-corrected chi connectivity index (χ1v) is 7.49. The number of nitrogens with one attached hydrogen (secondary N) is 1. The second kappa shape index (κ2) is 6.74. The van der Waals surface area contributed by atoms with E-state index in [0.29, 0.717) is 11.9 Å². The van der Waals surface area contributed by atoms with Gasteiger partial charge in [0, 0.05) is 38.7 Å². The lowest BCUT2D eigenvalue weighted by molar-refractivity contribution is 0.209. The molecule has 0 bridgehead atoms. The zero-order chi connectivity index (χ0) is 15.4. The molecule has 0 atom stereocenters. The van der Waals surface area contributed by atoms with Crippen LogP contribution in [-0.2, 0) is 6.54 Å². The van der Waals surface area contributed by atoms with Crippen LogP contribution in [0.1, 0.15) is 24.4 Å². The van der Waals surface area contributed by atoms with Gasteiger partial charge in [-0.05, 0) is 12.8 Å². The van der Waals surface area contributed by atoms with Crippen molar-refractivity contribution >= 4 is 5.82 Å². The Hall–Kier alpha value is -2.15. The van der Waals surface area contributed by atoms with E-state index < -0.39 is 0 Å². The van der Waals surface area contributed by atoms with Crippen molar-refractivity contribution < 1.29 is 9.15 Å². The summed E-state index contributed by atoms with van der Waals surface area (Å²) in [5.74, 6) is 2.12. The predicted octanol–water partition coefficient (Wildman–Crippen LogP) is 1.86. The smallest absolute Gasteiger partial charge is 0.218 e. The van der Waals surface area contributed by atoms with Gasteiger partial charge in [0.25, 0.3) is 0 Å². The van der Waals surface area contributed by atoms with Crippen LogP contribution in [0.4, 0.5) is 5.82 Å². The van der Waals surface area contributed by atoms with E-state index in [-0.39, 0.29) is 0 Å². The number of likely N-dealkylation sites (tertiary alicyclic amines) is 1. The van der Waals surface area contributed by atoms with E-state index in [2.05, 4.69) is 25.2 Å². The minimum atomic E-state index is 0.426. The molecule has 1 aliphatic heterocycles. The third kappa shape index (κ3) is 3.73. The molecule has 2 aromatic heterocycles. The van der Waals surface area contributed by atoms with Crippen LogP contribution in [0, 0.1) is 6.92 Å². The first kappa shape index (κ1) is 14.8. The van der Waals surface area contributed by atoms with Crippen LogP contribution >= 0.6 is 0 Å². The largest absolute Gasteiger partial charge is 0.481 e. The second-order valence-electron chi connectivity index (χ2n) is 5.50. The summed E-state index contributed by atoms with van der Waals surface area (Å²) in [6.07, 6.45) is 5.41. The Kier molecular flexibility index (Phi) is 4.53. The van der Waals surface area contributed by atoms with Gasteiger partial charge in [-0.2, -0.15) is 0 Å². The molecule has 22 heavy (non-hydrogen) atoms. The van der Waals surface area contributed by atoms with Gasteiger partial charge >= 0.3 is 0 Å². The number of aryl methyl sites for hydroxylation is 1. The van der Waals surface area contributed by atoms with Gasteiger partial charge in [-0.3, -0.25) is 4.90 Å². The number of nitrogens with zero attached hydrogens (tertiary/aromatic N) is 4. The quantitative estimate of drug-likeness (QED) is 0.903. The molecule has 1 aliphatic rings. The standard InChI is InChI=1S/C15H21N5O2/c1-11-18-13(9-22-11)8-20-5-3-12(4-6-20)19-14-7-15(21-2)17-10-16-14/h7,9-10,12H,3-6,8H2,1-2H3,(H,16,17,19). The van der Waals surface area contributed by atoms with Crippen LogP contribution in [0.5, 0.6) is 5.88 Å². The van der Waals surface area contributed by atoms with Gasteiger partial charge in [-0.1, -0.05) is 0 Å². The van der Waals surface area contributed by atoms with Crippen molar-refractivity contribution in [1.82, 2.24) is 19.9 Å². The maximum Gasteiger partial charge on any atom is 0.218 e. The molecule has 0 spiro atoms. The fourth-order valence-electron chi connectivity index (χ4n) is 2.68. The zero-order valence-electron chi connectivity index (χ0n) is 13.0. The summed E-state index contributed by atoms with van der Waals surface area (Å²) < 4.78 is 10.4. The maximum absolute atomic E-state index is 5.25. The Morgan fingerprint density at radius 3 is 2.86 bits per heavy atom. The summed E-state index contributed by atoms with van der Waals surface area (Å²) in [6, 6.07) is 2.25. The van der Waals surface area contributed by atoms with Crippen LogP contribution < -0.4 is 10.1 Å². The predicted molar refractivity (Wildman–Crippen MR) is 81.7 cm³/mol. The number of hydrogen-bond acceptors (Lipinski definition) is 7. The highest BCUT2D eigenvalue weighted by molar-refractivity contribution is 5.38. The Morgan fingerprint density at radius 2 is 2.18 bits per heavy atom. The van der Waals surface area contributed by atoms with E-state index in [4.69, 9.17) is 9.15 Å². The van der Waals surface area contributed by atoms with Gasteiger partial charge in [0.2, 0.25) is 5.88 Å². The van der Waals surface area contributed by atoms with E-state index in [1.165, 1.54) is 6.33 Å². The molecule has 0 aromatic carbocycles. The molecule has 1 N–H and O–H groups in total. The van der Waals surface area contributed by atoms with Crippen molar-refractivity contribution in [2.24, 2.45) is 0 Å². The summed E-state index contributed by atoms with van der Waals surface area (Å²) in [5, 5.41) is 3.45. The number of hydrogen-bond donors (Lipinski definition) is 1. The molecule has 0 radical (unpaired) electrons. The number of aromatic nitrogens is 3. The van der Waals surface area contributed by atoms with E-state index in [9.17, 15) is 0 Å². The van der Waals surface area contributed by atoms with Gasteiger partial charge in [-0.15, -0.1) is 0 Å². The van der Waals surface area contributed by atoms with Gasteiger partial charge in [0.05, 0.1) is 12.8 Å². The highest BCUT2D eigenvalue weighted by Crippen LogP contribution is 2.18. The van der Waals surface area contributed by atoms with Gasteiger partial charge in [-0.25, -0.2) is 15.0 Å². The topological polar surface area (TPSA) is 76.3 Å². The Balaban J connectivity index is 1.49. The molecule has 3 rings (SSSR count). The summed E-state index contributed by atoms with van der Waals surface area (Å²) in [6.45, 7) is 4.79. The van der Waals surface area contributed by atoms with Crippen molar-refractivity contribution in [1.29, 1.82) is 0 Å². The summed E-state index contributed by atoms with van der Waals surface area (Å²) in [5.41, 5.74) is 1.00. The number of piperidine rings is 1. The van der Waals surface area contributed by atoms with E-state index in [1.54, 1.807) is 13.4 Å². The van der Waals surface area contributed by atoms with Crippen molar-refractivity contribution in [2.45, 2.75) is 32.4 Å². The van der Waals surface area contributed by atoms with Crippen molar-refractivity contribution in [3.05, 3.63) is 30.2 Å². The van der Waals surface area contributed by atoms with Gasteiger partial charge < -0.3 is 14.5 Å². The van der Waals surface area contributed by atoms with Crippen LogP contribution in [0.2, 0.25) is 0 Å². The molecule has 0 unspecified atom stereocenters. The fourth-order valence-corrected chi connectivity index (χ4v) is 2.68. The summed E-state index contributed by atoms with van der Waals surface area (Å²) in [4.78, 5) is 15.0. The lowest BCUT2D eigenvalue weighted by atomic mass is 10.0. The fraction of sp³-hybridized carbons (Fsp3) is 0.533. The highest BCUT2D eigenvalue weighted by Gasteiger charge is 2.20. The molecule has 0 amide bonds. The normalized spacial score (nSPS) is 16.6. The van der Waals surface area contributed by atoms with Crippen LogP contribution in [-0.4, -0.2) is 46.1 Å². The number of methoxy groups -OCH3 is 1. The van der Waals surface area contributed by atoms with E-state index in [1.807, 2.05) is 13.0 Å². The molecule has 1 fully saturated rings. The minimum Gasteiger partial charge on any atom is -0.481 e. The Morgan fingerprint density at radius 1 is 1.36 bits per heavy atom. The van der Waals surface area contributed by atoms with Crippen LogP contribution in [0.15, 0.2) is 23.1 Å². The average molecular weight is 303 g/mol. The molecule has 7 nitrogen and oxygen atoms in total. The molecule has 3 heterocycles. The van der Waals surface area contributed by atoms with Crippen molar-refractivity contribution in [3.63, 3.8) is 0 Å². The van der Waals surface area contributed by atoms with E-state index in [0.717, 1.165) is 49.9 Å². The Labute approximate surface area is 129 Å². The number of oxazole rings is 1. The molecule has 1 saturated heterocycles. The third-order valence-corrected chi connectivity index (χ3v) is 3.84. The molecule has 7 heteroatoms. The van der Waals surface area contributed by atoms with Gasteiger partial charge in [0.1, 0.15) is 18.4 Å². The highest BCUT2D eigenvalue weighted by atomic mass is 16.5. The molecule has 118 valence electrons. The lowest BCUT2D eigenvalue weighted by Crippen LogP contribution is -2.38. The molecule has 2 aromatic rings. The monoisotopic (exact) mass is 303 g/mol. The first-order valence-electron chi connectivity index (χ1n) is 7.49. The zero-order valence-corrected chi connectivity index (χ0v) is 13.0. The second-order valence-corrected chi connectivity index (χ2v) is 5.50. The number of anilines is 1. The first-order chi connectivity index (χ1) is 10.7. The molecule has 0 saturated carbocycles. The average Bonchev–Trinajstić information content (AvgIpc) is 2.94. The number of ether oxygens (including phenoxy) is 1.